The first kappa shape index (κ1) is 24.3. The van der Waals surface area contributed by atoms with Gasteiger partial charge in [-0.15, -0.1) is 0 Å². The second kappa shape index (κ2) is 8.51. The normalized spacial score (nSPS) is 24.2. The van der Waals surface area contributed by atoms with E-state index in [9.17, 15) is 9.90 Å². The molecule has 8 heteroatoms. The average Bonchev–Trinajstić information content (AvgIpc) is 3.55. The molecule has 1 aliphatic carbocycles. The number of amidine groups is 1. The molecule has 37 heavy (non-hydrogen) atoms. The van der Waals surface area contributed by atoms with E-state index in [1.54, 1.807) is 24.5 Å². The van der Waals surface area contributed by atoms with Gasteiger partial charge in [-0.05, 0) is 83.4 Å². The maximum atomic E-state index is 15.5. The molecular formula is C29H36FN5O2. The van der Waals surface area contributed by atoms with E-state index in [2.05, 4.69) is 17.9 Å². The van der Waals surface area contributed by atoms with Crippen LogP contribution in [0.4, 0.5) is 4.39 Å². The fourth-order valence-electron chi connectivity index (χ4n) is 5.92. The Labute approximate surface area is 217 Å². The zero-order valence-corrected chi connectivity index (χ0v) is 22.2. The van der Waals surface area contributed by atoms with E-state index in [1.807, 2.05) is 18.0 Å². The number of imidazole rings is 1. The Hall–Kier alpha value is -3.00. The van der Waals surface area contributed by atoms with Gasteiger partial charge in [0.15, 0.2) is 5.82 Å². The first-order valence-electron chi connectivity index (χ1n) is 13.5. The van der Waals surface area contributed by atoms with Crippen LogP contribution >= 0.6 is 0 Å². The van der Waals surface area contributed by atoms with Crippen LogP contribution in [0.25, 0.3) is 16.7 Å². The lowest BCUT2D eigenvalue weighted by atomic mass is 9.83. The summed E-state index contributed by atoms with van der Waals surface area (Å²) in [5.41, 5.74) is 1.48. The van der Waals surface area contributed by atoms with Crippen molar-refractivity contribution >= 4 is 28.5 Å². The van der Waals surface area contributed by atoms with E-state index in [1.165, 1.54) is 18.9 Å². The molecule has 0 radical (unpaired) electrons. The Balaban J connectivity index is 1.42. The average molecular weight is 506 g/mol. The fourth-order valence-corrected chi connectivity index (χ4v) is 5.92. The maximum absolute atomic E-state index is 15.5. The minimum atomic E-state index is -1.03. The quantitative estimate of drug-likeness (QED) is 0.629. The monoisotopic (exact) mass is 505 g/mol. The van der Waals surface area contributed by atoms with E-state index < -0.39 is 11.4 Å². The molecule has 6 rings (SSSR count). The number of carbonyl (C=O) groups is 1. The minimum absolute atomic E-state index is 0.124. The van der Waals surface area contributed by atoms with Crippen molar-refractivity contribution in [3.63, 3.8) is 0 Å². The summed E-state index contributed by atoms with van der Waals surface area (Å²) in [6.45, 7) is 7.94. The summed E-state index contributed by atoms with van der Waals surface area (Å²) >= 11 is 0. The second-order valence-corrected chi connectivity index (χ2v) is 12.0. The van der Waals surface area contributed by atoms with Gasteiger partial charge in [-0.3, -0.25) is 4.79 Å². The van der Waals surface area contributed by atoms with Gasteiger partial charge in [0.1, 0.15) is 22.8 Å². The van der Waals surface area contributed by atoms with Crippen LogP contribution in [0.2, 0.25) is 0 Å². The van der Waals surface area contributed by atoms with Crippen molar-refractivity contribution in [2.75, 3.05) is 19.6 Å². The summed E-state index contributed by atoms with van der Waals surface area (Å²) in [5.74, 6) is 1.62. The first-order valence-corrected chi connectivity index (χ1v) is 13.5. The zero-order valence-electron chi connectivity index (χ0n) is 22.2. The van der Waals surface area contributed by atoms with Gasteiger partial charge in [0.05, 0.1) is 16.9 Å². The number of likely N-dealkylation sites (tertiary alicyclic amines) is 1. The van der Waals surface area contributed by atoms with Gasteiger partial charge in [0.2, 0.25) is 0 Å². The molecule has 1 unspecified atom stereocenters. The van der Waals surface area contributed by atoms with Crippen LogP contribution in [-0.4, -0.2) is 61.4 Å². The van der Waals surface area contributed by atoms with Crippen LogP contribution < -0.4 is 0 Å². The highest BCUT2D eigenvalue weighted by Gasteiger charge is 2.46. The fraction of sp³-hybridized carbons (Fsp3) is 0.552. The van der Waals surface area contributed by atoms with Crippen LogP contribution in [0, 0.1) is 17.2 Å². The molecule has 1 saturated heterocycles. The third-order valence-corrected chi connectivity index (χ3v) is 8.26. The predicted octanol–water partition coefficient (Wildman–Crippen LogP) is 4.87. The summed E-state index contributed by atoms with van der Waals surface area (Å²) < 4.78 is 17.3. The summed E-state index contributed by atoms with van der Waals surface area (Å²) in [6.07, 6.45) is 10.4. The number of hydrogen-bond donors (Lipinski definition) is 1. The molecule has 1 aromatic heterocycles. The summed E-state index contributed by atoms with van der Waals surface area (Å²) in [4.78, 5) is 27.0. The smallest absolute Gasteiger partial charge is 0.254 e. The Morgan fingerprint density at radius 1 is 1.22 bits per heavy atom. The number of fused-ring (bicyclic) bond motifs is 2. The van der Waals surface area contributed by atoms with Crippen LogP contribution in [0.1, 0.15) is 75.5 Å². The number of aromatic nitrogens is 2. The number of aliphatic imine (C=N–C) groups is 1. The molecule has 1 N–H and O–H groups in total. The number of rotatable bonds is 5. The Morgan fingerprint density at radius 3 is 2.62 bits per heavy atom. The number of carbonyl (C=O) groups excluding carboxylic acids is 1. The number of halogens is 1. The Bertz CT molecular complexity index is 1370. The molecular weight excluding hydrogens is 469 g/mol. The molecule has 1 saturated carbocycles. The van der Waals surface area contributed by atoms with Gasteiger partial charge in [-0.1, -0.05) is 6.08 Å². The summed E-state index contributed by atoms with van der Waals surface area (Å²) in [6, 6.07) is 3.10. The molecule has 7 nitrogen and oxygen atoms in total. The summed E-state index contributed by atoms with van der Waals surface area (Å²) in [7, 11) is 1.84. The number of nitrogens with zero attached hydrogens (tertiary/aromatic N) is 5. The molecule has 0 bridgehead atoms. The lowest BCUT2D eigenvalue weighted by Crippen LogP contribution is -2.39. The number of aryl methyl sites for hydroxylation is 1. The second-order valence-electron chi connectivity index (χ2n) is 12.0. The SMILES string of the molecule is Cn1c(C2=CC3(C)CC=C(C(C)(C)O)N=C3N2CC2CC2)nc2cc(C(=O)N3CCCCC3)cc(F)c21. The van der Waals surface area contributed by atoms with Crippen molar-refractivity contribution in [2.24, 2.45) is 23.4 Å². The van der Waals surface area contributed by atoms with Gasteiger partial charge in [-0.2, -0.15) is 0 Å². The van der Waals surface area contributed by atoms with Crippen molar-refractivity contribution in [2.45, 2.75) is 64.9 Å². The summed E-state index contributed by atoms with van der Waals surface area (Å²) in [5, 5.41) is 10.6. The van der Waals surface area contributed by atoms with Gasteiger partial charge < -0.3 is 19.5 Å². The van der Waals surface area contributed by atoms with E-state index in [-0.39, 0.29) is 11.3 Å². The number of piperidine rings is 1. The molecule has 0 spiro atoms. The van der Waals surface area contributed by atoms with E-state index >= 15 is 4.39 Å². The van der Waals surface area contributed by atoms with Gasteiger partial charge in [-0.25, -0.2) is 14.4 Å². The standard InChI is InChI=1S/C29H36FN5O2/c1-28(2,37)23-10-11-29(3)16-22(35(27(29)32-23)17-18-8-9-18)25-31-21-15-19(14-20(30)24(21)33(25)4)26(36)34-12-6-5-7-13-34/h10,14-16,18,37H,5-9,11-13,17H2,1-4H3. The van der Waals surface area contributed by atoms with Crippen LogP contribution in [0.3, 0.4) is 0 Å². The minimum Gasteiger partial charge on any atom is -0.384 e. The van der Waals surface area contributed by atoms with Crippen LogP contribution in [0.5, 0.6) is 0 Å². The topological polar surface area (TPSA) is 74.0 Å². The van der Waals surface area contributed by atoms with Crippen molar-refractivity contribution in [3.05, 3.63) is 47.2 Å². The molecule has 196 valence electrons. The van der Waals surface area contributed by atoms with E-state index in [0.29, 0.717) is 34.0 Å². The number of hydrogen-bond acceptors (Lipinski definition) is 5. The maximum Gasteiger partial charge on any atom is 0.254 e. The molecule has 1 atom stereocenters. The number of benzene rings is 1. The molecule has 1 aromatic carbocycles. The van der Waals surface area contributed by atoms with Gasteiger partial charge in [0.25, 0.3) is 5.91 Å². The number of allylic oxidation sites excluding steroid dienone is 1. The van der Waals surface area contributed by atoms with Crippen LogP contribution in [0.15, 0.2) is 35.0 Å². The van der Waals surface area contributed by atoms with E-state index in [0.717, 1.165) is 56.9 Å². The molecule has 2 fully saturated rings. The van der Waals surface area contributed by atoms with E-state index in [4.69, 9.17) is 9.98 Å². The van der Waals surface area contributed by atoms with Crippen molar-refractivity contribution in [1.82, 2.24) is 19.4 Å². The highest BCUT2D eigenvalue weighted by Crippen LogP contribution is 2.47. The van der Waals surface area contributed by atoms with Gasteiger partial charge >= 0.3 is 0 Å². The molecule has 4 aliphatic rings. The zero-order chi connectivity index (χ0) is 26.1. The lowest BCUT2D eigenvalue weighted by Gasteiger charge is -2.34. The molecule has 3 aliphatic heterocycles. The molecule has 1 amide bonds. The third-order valence-electron chi connectivity index (χ3n) is 8.26. The largest absolute Gasteiger partial charge is 0.384 e. The number of amides is 1. The van der Waals surface area contributed by atoms with Crippen molar-refractivity contribution < 1.29 is 14.3 Å². The van der Waals surface area contributed by atoms with Crippen molar-refractivity contribution in [3.8, 4) is 0 Å². The lowest BCUT2D eigenvalue weighted by molar-refractivity contribution is 0.0724. The highest BCUT2D eigenvalue weighted by molar-refractivity contribution is 6.03. The molecule has 2 aromatic rings. The highest BCUT2D eigenvalue weighted by atomic mass is 19.1. The van der Waals surface area contributed by atoms with Crippen LogP contribution in [-0.2, 0) is 7.05 Å². The Kier molecular flexibility index (Phi) is 5.60. The van der Waals surface area contributed by atoms with Crippen molar-refractivity contribution in [1.29, 1.82) is 0 Å². The molecule has 4 heterocycles. The Morgan fingerprint density at radius 2 is 1.95 bits per heavy atom. The van der Waals surface area contributed by atoms with Gasteiger partial charge in [0, 0.05) is 37.7 Å². The third kappa shape index (κ3) is 4.19. The predicted molar refractivity (Wildman–Crippen MR) is 142 cm³/mol. The first-order chi connectivity index (χ1) is 17.5. The number of aliphatic hydroxyl groups is 1.